The maximum absolute atomic E-state index is 6.06. The monoisotopic (exact) mass is 722 g/mol. The number of hydrogen-bond donors (Lipinski definition) is 0. The molecule has 0 atom stereocenters. The van der Waals surface area contributed by atoms with Gasteiger partial charge in [-0.2, -0.15) is 0 Å². The molecule has 0 radical (unpaired) electrons. The van der Waals surface area contributed by atoms with Crippen LogP contribution in [-0.2, 0) is 19.6 Å². The van der Waals surface area contributed by atoms with Crippen LogP contribution in [0.2, 0.25) is 0 Å². The third-order valence-electron chi connectivity index (χ3n) is 7.64. The molecule has 0 spiro atoms. The number of allylic oxidation sites excluding steroid dienone is 2. The zero-order valence-electron chi connectivity index (χ0n) is 30.8. The van der Waals surface area contributed by atoms with E-state index in [0.717, 1.165) is 41.2 Å². The summed E-state index contributed by atoms with van der Waals surface area (Å²) in [4.78, 5) is 0. The normalized spacial score (nSPS) is 10.5. The molecule has 0 aliphatic heterocycles. The van der Waals surface area contributed by atoms with Crippen LogP contribution >= 0.6 is 15.9 Å². The van der Waals surface area contributed by atoms with Gasteiger partial charge in [-0.1, -0.05) is 142 Å². The van der Waals surface area contributed by atoms with Crippen molar-refractivity contribution in [3.63, 3.8) is 0 Å². The predicted octanol–water partition coefficient (Wildman–Crippen LogP) is 13.2. The Balaban J connectivity index is 0.000000436. The van der Waals surface area contributed by atoms with E-state index >= 15 is 0 Å². The third kappa shape index (κ3) is 14.4. The summed E-state index contributed by atoms with van der Waals surface area (Å²) in [6.07, 6.45) is 1.08. The van der Waals surface area contributed by atoms with E-state index < -0.39 is 0 Å². The highest BCUT2D eigenvalue weighted by molar-refractivity contribution is 9.09. The minimum Gasteiger partial charge on any atom is -0.493 e. The minimum absolute atomic E-state index is 0.565. The van der Waals surface area contributed by atoms with Crippen molar-refractivity contribution in [3.05, 3.63) is 161 Å². The SMILES string of the molecule is C/C(=C(/C)c1cc(OCc2ccccc2)ccc1C)c1ccc(OCc2ccccc2)cc1.CC.CC.CCc1ccc(OCCBr)cc1. The Kier molecular flexibility index (Phi) is 20.0. The van der Waals surface area contributed by atoms with Crippen LogP contribution in [0.15, 0.2) is 127 Å². The summed E-state index contributed by atoms with van der Waals surface area (Å²) < 4.78 is 17.4. The molecule has 0 unspecified atom stereocenters. The summed E-state index contributed by atoms with van der Waals surface area (Å²) in [5.41, 5.74) is 9.81. The second kappa shape index (κ2) is 23.9. The number of rotatable bonds is 12. The molecule has 0 aromatic heterocycles. The van der Waals surface area contributed by atoms with E-state index in [1.807, 2.05) is 94.4 Å². The Morgan fingerprint density at radius 1 is 0.531 bits per heavy atom. The zero-order valence-corrected chi connectivity index (χ0v) is 32.3. The van der Waals surface area contributed by atoms with Gasteiger partial charge in [-0.3, -0.25) is 0 Å². The molecule has 0 heterocycles. The van der Waals surface area contributed by atoms with Gasteiger partial charge in [-0.05, 0) is 108 Å². The van der Waals surface area contributed by atoms with Crippen molar-refractivity contribution in [1.82, 2.24) is 0 Å². The van der Waals surface area contributed by atoms with Crippen LogP contribution in [-0.4, -0.2) is 11.9 Å². The molecule has 0 aliphatic carbocycles. The Hall–Kier alpha value is -4.28. The number of aryl methyl sites for hydroxylation is 2. The zero-order chi connectivity index (χ0) is 35.9. The van der Waals surface area contributed by atoms with E-state index in [-0.39, 0.29) is 0 Å². The Morgan fingerprint density at radius 2 is 1.00 bits per heavy atom. The first kappa shape index (κ1) is 40.9. The van der Waals surface area contributed by atoms with E-state index in [9.17, 15) is 0 Å². The fourth-order valence-electron chi connectivity index (χ4n) is 4.77. The minimum atomic E-state index is 0.565. The molecule has 0 saturated carbocycles. The Labute approximate surface area is 305 Å². The molecule has 5 aromatic rings. The van der Waals surface area contributed by atoms with Gasteiger partial charge in [-0.25, -0.2) is 0 Å². The summed E-state index contributed by atoms with van der Waals surface area (Å²) >= 11 is 3.31. The maximum atomic E-state index is 6.06. The highest BCUT2D eigenvalue weighted by atomic mass is 79.9. The molecule has 5 aromatic carbocycles. The van der Waals surface area contributed by atoms with Crippen LogP contribution in [0, 0.1) is 6.92 Å². The van der Waals surface area contributed by atoms with Crippen molar-refractivity contribution >= 4 is 27.1 Å². The lowest BCUT2D eigenvalue weighted by atomic mass is 9.94. The molecule has 4 heteroatoms. The van der Waals surface area contributed by atoms with Gasteiger partial charge in [0.2, 0.25) is 0 Å². The van der Waals surface area contributed by atoms with E-state index in [1.54, 1.807) is 0 Å². The quantitative estimate of drug-likeness (QED) is 0.0947. The van der Waals surface area contributed by atoms with Gasteiger partial charge in [0.25, 0.3) is 0 Å². The highest BCUT2D eigenvalue weighted by Gasteiger charge is 2.09. The average molecular weight is 724 g/mol. The summed E-state index contributed by atoms with van der Waals surface area (Å²) in [5.74, 6) is 2.71. The van der Waals surface area contributed by atoms with Gasteiger partial charge in [0.05, 0.1) is 6.61 Å². The lowest BCUT2D eigenvalue weighted by Gasteiger charge is -2.14. The number of hydrogen-bond acceptors (Lipinski definition) is 3. The van der Waals surface area contributed by atoms with E-state index in [0.29, 0.717) is 13.2 Å². The fourth-order valence-corrected chi connectivity index (χ4v) is 4.94. The number of benzene rings is 5. The van der Waals surface area contributed by atoms with Crippen molar-refractivity contribution in [3.8, 4) is 17.2 Å². The van der Waals surface area contributed by atoms with Crippen molar-refractivity contribution in [2.75, 3.05) is 11.9 Å². The van der Waals surface area contributed by atoms with Gasteiger partial charge in [-0.15, -0.1) is 0 Å². The molecule has 3 nitrogen and oxygen atoms in total. The van der Waals surface area contributed by atoms with E-state index in [1.165, 1.54) is 39.0 Å². The number of ether oxygens (including phenoxy) is 3. The maximum Gasteiger partial charge on any atom is 0.120 e. The molecule has 0 N–H and O–H groups in total. The van der Waals surface area contributed by atoms with E-state index in [2.05, 4.69) is 104 Å². The first-order valence-corrected chi connectivity index (χ1v) is 18.6. The Morgan fingerprint density at radius 3 is 1.51 bits per heavy atom. The molecule has 0 amide bonds. The molecule has 5 rings (SSSR count). The van der Waals surface area contributed by atoms with Crippen LogP contribution in [0.1, 0.15) is 81.8 Å². The van der Waals surface area contributed by atoms with Crippen molar-refractivity contribution < 1.29 is 14.2 Å². The fraction of sp³-hybridized carbons (Fsp3) is 0.289. The molecule has 0 aliphatic rings. The lowest BCUT2D eigenvalue weighted by molar-refractivity contribution is 0.306. The van der Waals surface area contributed by atoms with Gasteiger partial charge < -0.3 is 14.2 Å². The van der Waals surface area contributed by atoms with Gasteiger partial charge in [0.1, 0.15) is 30.5 Å². The molecule has 0 fully saturated rings. The van der Waals surface area contributed by atoms with Crippen LogP contribution in [0.4, 0.5) is 0 Å². The summed E-state index contributed by atoms with van der Waals surface area (Å²) in [6, 6.07) is 43.4. The molecule has 260 valence electrons. The van der Waals surface area contributed by atoms with Crippen LogP contribution in [0.5, 0.6) is 17.2 Å². The number of halogens is 1. The first-order valence-electron chi connectivity index (χ1n) is 17.5. The summed E-state index contributed by atoms with van der Waals surface area (Å²) in [5, 5.41) is 0.878. The molecule has 0 bridgehead atoms. The van der Waals surface area contributed by atoms with Gasteiger partial charge >= 0.3 is 0 Å². The predicted molar refractivity (Wildman–Crippen MR) is 215 cm³/mol. The molecule has 49 heavy (non-hydrogen) atoms. The van der Waals surface area contributed by atoms with Crippen molar-refractivity contribution in [2.45, 2.75) is 75.0 Å². The topological polar surface area (TPSA) is 27.7 Å². The van der Waals surface area contributed by atoms with Gasteiger partial charge in [0, 0.05) is 5.33 Å². The number of alkyl halides is 1. The summed E-state index contributed by atoms with van der Waals surface area (Å²) in [6.45, 7) is 18.5. The second-order valence-corrected chi connectivity index (χ2v) is 11.6. The van der Waals surface area contributed by atoms with Crippen molar-refractivity contribution in [1.29, 1.82) is 0 Å². The molecule has 0 saturated heterocycles. The standard InChI is InChI=1S/C31H30O2.C10H13BrO.2C2H6/c1-23-14-17-30(33-22-27-12-8-5-9-13-27)20-31(23)25(3)24(2)28-15-18-29(19-16-28)32-21-26-10-6-4-7-11-26;1-2-9-3-5-10(6-4-9)12-8-7-11;2*1-2/h4-20H,21-22H2,1-3H3;3-6H,2,7-8H2,1H3;2*1-2H3/b25-24+;;;. The van der Waals surface area contributed by atoms with Crippen LogP contribution < -0.4 is 14.2 Å². The van der Waals surface area contributed by atoms with Crippen molar-refractivity contribution in [2.24, 2.45) is 0 Å². The Bertz CT molecular complexity index is 1610. The molecular weight excluding hydrogens is 668 g/mol. The third-order valence-corrected chi connectivity index (χ3v) is 7.96. The average Bonchev–Trinajstić information content (AvgIpc) is 3.18. The second-order valence-electron chi connectivity index (χ2n) is 10.8. The van der Waals surface area contributed by atoms with Crippen LogP contribution in [0.3, 0.4) is 0 Å². The summed E-state index contributed by atoms with van der Waals surface area (Å²) in [7, 11) is 0. The first-order chi connectivity index (χ1) is 24.0. The highest BCUT2D eigenvalue weighted by Crippen LogP contribution is 2.31. The molecular formula is C45H55BrO3. The smallest absolute Gasteiger partial charge is 0.120 e. The lowest BCUT2D eigenvalue weighted by Crippen LogP contribution is -1.97. The van der Waals surface area contributed by atoms with Crippen LogP contribution in [0.25, 0.3) is 11.1 Å². The largest absolute Gasteiger partial charge is 0.493 e. The van der Waals surface area contributed by atoms with Gasteiger partial charge in [0.15, 0.2) is 0 Å². The van der Waals surface area contributed by atoms with E-state index in [4.69, 9.17) is 14.2 Å².